The summed E-state index contributed by atoms with van der Waals surface area (Å²) in [6, 6.07) is 8.27. The van der Waals surface area contributed by atoms with Gasteiger partial charge in [0.05, 0.1) is 45.5 Å². The van der Waals surface area contributed by atoms with Gasteiger partial charge in [0.1, 0.15) is 0 Å². The zero-order valence-corrected chi connectivity index (χ0v) is 19.5. The monoisotopic (exact) mass is 441 g/mol. The topological polar surface area (TPSA) is 82.6 Å². The number of fused-ring (bicyclic) bond motifs is 3. The molecule has 8 nitrogen and oxygen atoms in total. The Kier molecular flexibility index (Phi) is 5.00. The Morgan fingerprint density at radius 3 is 2.55 bits per heavy atom. The van der Waals surface area contributed by atoms with Gasteiger partial charge in [0.15, 0.2) is 0 Å². The van der Waals surface area contributed by atoms with Crippen LogP contribution in [0.25, 0.3) is 38.8 Å². The highest BCUT2D eigenvalue weighted by Crippen LogP contribution is 2.31. The first-order chi connectivity index (χ1) is 15.9. The number of hydrogen-bond acceptors (Lipinski definition) is 5. The number of imidazole rings is 1. The van der Waals surface area contributed by atoms with Gasteiger partial charge in [0.25, 0.3) is 0 Å². The molecule has 0 spiro atoms. The quantitative estimate of drug-likeness (QED) is 0.442. The minimum Gasteiger partial charge on any atom is -0.384 e. The molecule has 0 aliphatic heterocycles. The minimum absolute atomic E-state index is 0.116. The number of hydrogen-bond donors (Lipinski definition) is 1. The van der Waals surface area contributed by atoms with Crippen LogP contribution < -0.4 is 11.0 Å². The lowest BCUT2D eigenvalue weighted by Crippen LogP contribution is -2.21. The summed E-state index contributed by atoms with van der Waals surface area (Å²) in [5.41, 5.74) is 7.94. The Morgan fingerprint density at radius 1 is 1.00 bits per heavy atom. The van der Waals surface area contributed by atoms with E-state index in [9.17, 15) is 4.79 Å². The number of nitrogens with zero attached hydrogens (tertiary/aromatic N) is 6. The van der Waals surface area contributed by atoms with Crippen molar-refractivity contribution < 1.29 is 0 Å². The average molecular weight is 442 g/mol. The van der Waals surface area contributed by atoms with Gasteiger partial charge in [-0.15, -0.1) is 0 Å². The molecule has 0 bridgehead atoms. The Hall–Kier alpha value is -3.94. The molecule has 33 heavy (non-hydrogen) atoms. The predicted octanol–water partition coefficient (Wildman–Crippen LogP) is 4.20. The van der Waals surface area contributed by atoms with E-state index in [2.05, 4.69) is 45.5 Å². The van der Waals surface area contributed by atoms with Crippen LogP contribution in [0.1, 0.15) is 25.2 Å². The summed E-state index contributed by atoms with van der Waals surface area (Å²) in [4.78, 5) is 22.5. The normalized spacial score (nSPS) is 11.5. The van der Waals surface area contributed by atoms with Gasteiger partial charge < -0.3 is 5.32 Å². The van der Waals surface area contributed by atoms with Crippen LogP contribution in [0.15, 0.2) is 47.7 Å². The molecule has 0 saturated heterocycles. The SMILES string of the molecule is CCNc1cc(-c2ccc3ncc4c(c3c2)n(-c2cn(CC)nc2C)c(=O)n4C)cnc1C. The van der Waals surface area contributed by atoms with Crippen molar-refractivity contribution in [2.45, 2.75) is 34.2 Å². The Balaban J connectivity index is 1.81. The molecule has 0 atom stereocenters. The van der Waals surface area contributed by atoms with Crippen LogP contribution in [0.2, 0.25) is 0 Å². The standard InChI is InChI=1S/C25H27N7O/c1-6-26-21-11-18(12-27-15(21)3)17-8-9-20-19(10-17)24-22(13-28-20)30(5)25(33)32(24)23-14-31(7-2)29-16(23)4/h8-14,26H,6-7H2,1-5H3. The largest absolute Gasteiger partial charge is 0.384 e. The Labute approximate surface area is 191 Å². The van der Waals surface area contributed by atoms with Crippen LogP contribution >= 0.6 is 0 Å². The lowest BCUT2D eigenvalue weighted by atomic mass is 10.0. The lowest BCUT2D eigenvalue weighted by Gasteiger charge is -2.11. The van der Waals surface area contributed by atoms with Crippen LogP contribution in [-0.4, -0.2) is 35.4 Å². The maximum Gasteiger partial charge on any atom is 0.333 e. The predicted molar refractivity (Wildman–Crippen MR) is 132 cm³/mol. The third-order valence-corrected chi connectivity index (χ3v) is 6.16. The van der Waals surface area contributed by atoms with Gasteiger partial charge in [0.2, 0.25) is 0 Å². The van der Waals surface area contributed by atoms with Gasteiger partial charge >= 0.3 is 5.69 Å². The summed E-state index contributed by atoms with van der Waals surface area (Å²) in [6.45, 7) is 9.60. The fourth-order valence-corrected chi connectivity index (χ4v) is 4.35. The van der Waals surface area contributed by atoms with Crippen molar-refractivity contribution in [3.05, 3.63) is 64.7 Å². The molecule has 1 aromatic carbocycles. The first kappa shape index (κ1) is 20.9. The molecule has 0 saturated carbocycles. The molecule has 0 amide bonds. The molecule has 0 fully saturated rings. The second kappa shape index (κ2) is 7.88. The van der Waals surface area contributed by atoms with E-state index in [1.54, 1.807) is 22.4 Å². The Morgan fingerprint density at radius 2 is 1.82 bits per heavy atom. The van der Waals surface area contributed by atoms with Crippen LogP contribution in [-0.2, 0) is 13.6 Å². The van der Waals surface area contributed by atoms with Crippen molar-refractivity contribution >= 4 is 27.6 Å². The van der Waals surface area contributed by atoms with Crippen LogP contribution in [0.4, 0.5) is 5.69 Å². The number of aryl methyl sites for hydroxylation is 4. The Bertz CT molecular complexity index is 1570. The van der Waals surface area contributed by atoms with Gasteiger partial charge in [-0.2, -0.15) is 5.10 Å². The van der Waals surface area contributed by atoms with Crippen LogP contribution in [0.3, 0.4) is 0 Å². The van der Waals surface area contributed by atoms with Gasteiger partial charge in [-0.3, -0.25) is 23.8 Å². The molecule has 0 aliphatic rings. The molecule has 0 radical (unpaired) electrons. The maximum absolute atomic E-state index is 13.3. The molecule has 5 rings (SSSR count). The van der Waals surface area contributed by atoms with Gasteiger partial charge in [-0.1, -0.05) is 6.07 Å². The van der Waals surface area contributed by atoms with E-state index in [1.165, 1.54) is 0 Å². The molecule has 8 heteroatoms. The summed E-state index contributed by atoms with van der Waals surface area (Å²) in [5.74, 6) is 0. The third kappa shape index (κ3) is 3.29. The van der Waals surface area contributed by atoms with E-state index < -0.39 is 0 Å². The van der Waals surface area contributed by atoms with Gasteiger partial charge in [0, 0.05) is 43.5 Å². The highest BCUT2D eigenvalue weighted by molar-refractivity contribution is 6.04. The molecule has 4 aromatic heterocycles. The van der Waals surface area contributed by atoms with E-state index in [1.807, 2.05) is 43.9 Å². The molecular weight excluding hydrogens is 414 g/mol. The van der Waals surface area contributed by atoms with Crippen LogP contribution in [0.5, 0.6) is 0 Å². The van der Waals surface area contributed by atoms with E-state index in [0.717, 1.165) is 68.9 Å². The van der Waals surface area contributed by atoms with Crippen molar-refractivity contribution in [2.75, 3.05) is 11.9 Å². The lowest BCUT2D eigenvalue weighted by molar-refractivity contribution is 0.653. The summed E-state index contributed by atoms with van der Waals surface area (Å²) in [7, 11) is 1.78. The van der Waals surface area contributed by atoms with E-state index in [-0.39, 0.29) is 5.69 Å². The molecule has 1 N–H and O–H groups in total. The highest BCUT2D eigenvalue weighted by atomic mass is 16.1. The molecule has 4 heterocycles. The number of pyridine rings is 2. The van der Waals surface area contributed by atoms with Crippen molar-refractivity contribution in [1.29, 1.82) is 0 Å². The van der Waals surface area contributed by atoms with Crippen LogP contribution in [0, 0.1) is 13.8 Å². The van der Waals surface area contributed by atoms with E-state index in [4.69, 9.17) is 0 Å². The van der Waals surface area contributed by atoms with E-state index in [0.29, 0.717) is 0 Å². The summed E-state index contributed by atoms with van der Waals surface area (Å²) < 4.78 is 5.26. The minimum atomic E-state index is -0.116. The zero-order valence-electron chi connectivity index (χ0n) is 19.5. The smallest absolute Gasteiger partial charge is 0.333 e. The van der Waals surface area contributed by atoms with Crippen molar-refractivity contribution in [3.8, 4) is 16.8 Å². The highest BCUT2D eigenvalue weighted by Gasteiger charge is 2.19. The van der Waals surface area contributed by atoms with Crippen molar-refractivity contribution in [1.82, 2.24) is 28.9 Å². The first-order valence-corrected chi connectivity index (χ1v) is 11.2. The van der Waals surface area contributed by atoms with Crippen molar-refractivity contribution in [2.24, 2.45) is 7.05 Å². The third-order valence-electron chi connectivity index (χ3n) is 6.16. The van der Waals surface area contributed by atoms with E-state index >= 15 is 0 Å². The van der Waals surface area contributed by atoms with Crippen molar-refractivity contribution in [3.63, 3.8) is 0 Å². The number of aromatic nitrogens is 6. The molecule has 0 unspecified atom stereocenters. The number of anilines is 1. The first-order valence-electron chi connectivity index (χ1n) is 11.2. The average Bonchev–Trinajstić information content (AvgIpc) is 3.31. The second-order valence-electron chi connectivity index (χ2n) is 8.24. The fourth-order valence-electron chi connectivity index (χ4n) is 4.35. The molecule has 168 valence electrons. The fraction of sp³-hybridized carbons (Fsp3) is 0.280. The van der Waals surface area contributed by atoms with Gasteiger partial charge in [-0.25, -0.2) is 4.79 Å². The molecule has 5 aromatic rings. The summed E-state index contributed by atoms with van der Waals surface area (Å²) >= 11 is 0. The summed E-state index contributed by atoms with van der Waals surface area (Å²) in [6.07, 6.45) is 5.59. The second-order valence-corrected chi connectivity index (χ2v) is 8.24. The zero-order chi connectivity index (χ0) is 23.3. The maximum atomic E-state index is 13.3. The van der Waals surface area contributed by atoms with Gasteiger partial charge in [-0.05, 0) is 51.5 Å². The summed E-state index contributed by atoms with van der Waals surface area (Å²) in [5, 5.41) is 8.85. The molecular formula is C25H27N7O. The number of nitrogens with one attached hydrogen (secondary N) is 1. The molecule has 0 aliphatic carbocycles. The number of benzene rings is 1. The number of rotatable bonds is 5.